The number of aromatic nitrogens is 3. The zero-order valence-corrected chi connectivity index (χ0v) is 15.2. The fourth-order valence-corrected chi connectivity index (χ4v) is 2.63. The van der Waals surface area contributed by atoms with Crippen molar-refractivity contribution in [1.82, 2.24) is 15.2 Å². The summed E-state index contributed by atoms with van der Waals surface area (Å²) in [6.45, 7) is 4.09. The first-order valence-corrected chi connectivity index (χ1v) is 8.11. The van der Waals surface area contributed by atoms with Crippen molar-refractivity contribution >= 4 is 23.1 Å². The van der Waals surface area contributed by atoms with Gasteiger partial charge in [-0.15, -0.1) is 5.10 Å². The van der Waals surface area contributed by atoms with Gasteiger partial charge in [0.15, 0.2) is 5.82 Å². The second-order valence-corrected chi connectivity index (χ2v) is 5.86. The maximum atomic E-state index is 5.39. The predicted octanol–water partition coefficient (Wildman–Crippen LogP) is 3.99. The van der Waals surface area contributed by atoms with Crippen LogP contribution < -0.4 is 20.1 Å². The van der Waals surface area contributed by atoms with Crippen LogP contribution in [0.1, 0.15) is 11.1 Å². The summed E-state index contributed by atoms with van der Waals surface area (Å²) in [7, 11) is 3.21. The van der Waals surface area contributed by atoms with E-state index in [1.54, 1.807) is 26.5 Å². The van der Waals surface area contributed by atoms with Crippen LogP contribution in [0.2, 0.25) is 0 Å². The monoisotopic (exact) mass is 351 g/mol. The van der Waals surface area contributed by atoms with Gasteiger partial charge in [0.2, 0.25) is 5.95 Å². The molecule has 0 radical (unpaired) electrons. The molecule has 0 unspecified atom stereocenters. The second kappa shape index (κ2) is 7.69. The van der Waals surface area contributed by atoms with E-state index < -0.39 is 0 Å². The first-order valence-electron chi connectivity index (χ1n) is 8.11. The van der Waals surface area contributed by atoms with Crippen LogP contribution in [0.5, 0.6) is 11.5 Å². The Morgan fingerprint density at radius 2 is 1.65 bits per heavy atom. The lowest BCUT2D eigenvalue weighted by Crippen LogP contribution is -2.03. The van der Waals surface area contributed by atoms with Gasteiger partial charge in [-0.25, -0.2) is 0 Å². The summed E-state index contributed by atoms with van der Waals surface area (Å²) in [5.41, 5.74) is 4.00. The number of methoxy groups -OCH3 is 2. The number of rotatable bonds is 6. The summed E-state index contributed by atoms with van der Waals surface area (Å²) in [4.78, 5) is 4.46. The van der Waals surface area contributed by atoms with Crippen molar-refractivity contribution in [2.75, 3.05) is 24.9 Å². The van der Waals surface area contributed by atoms with E-state index in [0.717, 1.165) is 22.5 Å². The Labute approximate surface area is 152 Å². The number of hydrogen-bond acceptors (Lipinski definition) is 7. The van der Waals surface area contributed by atoms with Crippen molar-refractivity contribution in [3.8, 4) is 11.5 Å². The van der Waals surface area contributed by atoms with Crippen LogP contribution in [0.15, 0.2) is 42.6 Å². The minimum atomic E-state index is 0.410. The van der Waals surface area contributed by atoms with E-state index >= 15 is 0 Å². The van der Waals surface area contributed by atoms with E-state index in [1.165, 1.54) is 0 Å². The highest BCUT2D eigenvalue weighted by atomic mass is 16.5. The molecule has 0 saturated carbocycles. The summed E-state index contributed by atoms with van der Waals surface area (Å²) >= 11 is 0. The van der Waals surface area contributed by atoms with E-state index in [9.17, 15) is 0 Å². The lowest BCUT2D eigenvalue weighted by atomic mass is 10.1. The van der Waals surface area contributed by atoms with Gasteiger partial charge in [0, 0.05) is 11.8 Å². The third-order valence-electron chi connectivity index (χ3n) is 3.71. The summed E-state index contributed by atoms with van der Waals surface area (Å²) in [5.74, 6) is 2.32. The quantitative estimate of drug-likeness (QED) is 0.695. The van der Waals surface area contributed by atoms with Crippen molar-refractivity contribution < 1.29 is 9.47 Å². The van der Waals surface area contributed by atoms with Gasteiger partial charge in [-0.05, 0) is 49.2 Å². The van der Waals surface area contributed by atoms with Crippen LogP contribution in [-0.2, 0) is 0 Å². The average molecular weight is 351 g/mol. The predicted molar refractivity (Wildman–Crippen MR) is 102 cm³/mol. The molecule has 0 aliphatic rings. The van der Waals surface area contributed by atoms with Gasteiger partial charge in [0.1, 0.15) is 11.5 Å². The molecule has 0 saturated heterocycles. The highest BCUT2D eigenvalue weighted by Gasteiger charge is 2.08. The highest BCUT2D eigenvalue weighted by Crippen LogP contribution is 2.31. The van der Waals surface area contributed by atoms with Gasteiger partial charge in [0.25, 0.3) is 0 Å². The first kappa shape index (κ1) is 17.5. The van der Waals surface area contributed by atoms with Gasteiger partial charge < -0.3 is 20.1 Å². The number of benzene rings is 2. The third kappa shape index (κ3) is 4.18. The first-order chi connectivity index (χ1) is 12.6. The maximum absolute atomic E-state index is 5.39. The molecule has 0 aliphatic carbocycles. The maximum Gasteiger partial charge on any atom is 0.249 e. The van der Waals surface area contributed by atoms with E-state index in [2.05, 4.69) is 31.9 Å². The molecule has 0 fully saturated rings. The van der Waals surface area contributed by atoms with Gasteiger partial charge in [-0.1, -0.05) is 6.07 Å². The molecule has 7 nitrogen and oxygen atoms in total. The molecule has 2 N–H and O–H groups in total. The molecule has 3 rings (SSSR count). The van der Waals surface area contributed by atoms with E-state index in [0.29, 0.717) is 23.3 Å². The van der Waals surface area contributed by atoms with Crippen LogP contribution >= 0.6 is 0 Å². The third-order valence-corrected chi connectivity index (χ3v) is 3.71. The molecule has 1 heterocycles. The molecule has 7 heteroatoms. The van der Waals surface area contributed by atoms with Crippen LogP contribution in [0, 0.1) is 13.8 Å². The number of anilines is 4. The van der Waals surface area contributed by atoms with Crippen molar-refractivity contribution in [3.05, 3.63) is 53.7 Å². The van der Waals surface area contributed by atoms with Crippen LogP contribution in [0.25, 0.3) is 0 Å². The Hall–Kier alpha value is -3.35. The minimum absolute atomic E-state index is 0.410. The normalized spacial score (nSPS) is 10.3. The molecule has 0 spiro atoms. The Balaban J connectivity index is 1.81. The smallest absolute Gasteiger partial charge is 0.249 e. The Morgan fingerprint density at radius 1 is 0.885 bits per heavy atom. The van der Waals surface area contributed by atoms with Crippen LogP contribution in [-0.4, -0.2) is 29.4 Å². The molecule has 1 aromatic heterocycles. The molecule has 134 valence electrons. The van der Waals surface area contributed by atoms with Gasteiger partial charge in [-0.3, -0.25) is 0 Å². The van der Waals surface area contributed by atoms with Crippen LogP contribution in [0.3, 0.4) is 0 Å². The van der Waals surface area contributed by atoms with E-state index in [-0.39, 0.29) is 0 Å². The van der Waals surface area contributed by atoms with E-state index in [1.807, 2.05) is 38.1 Å². The standard InChI is InChI=1S/C19H21N5O2/c1-12-7-13(2)9-14(8-12)21-19-23-18(11-20-24-19)22-16-6-5-15(25-3)10-17(16)26-4/h5-11H,1-4H3,(H2,21,22,23,24). The number of nitrogens with zero attached hydrogens (tertiary/aromatic N) is 3. The lowest BCUT2D eigenvalue weighted by molar-refractivity contribution is 0.395. The Kier molecular flexibility index (Phi) is 5.17. The van der Waals surface area contributed by atoms with Crippen molar-refractivity contribution in [2.24, 2.45) is 0 Å². The average Bonchev–Trinajstić information content (AvgIpc) is 2.61. The van der Waals surface area contributed by atoms with Crippen molar-refractivity contribution in [1.29, 1.82) is 0 Å². The number of ether oxygens (including phenoxy) is 2. The zero-order valence-electron chi connectivity index (χ0n) is 15.2. The topological polar surface area (TPSA) is 81.2 Å². The number of nitrogens with one attached hydrogen (secondary N) is 2. The molecular weight excluding hydrogens is 330 g/mol. The summed E-state index contributed by atoms with van der Waals surface area (Å²) < 4.78 is 10.6. The van der Waals surface area contributed by atoms with E-state index in [4.69, 9.17) is 9.47 Å². The molecule has 0 aliphatic heterocycles. The molecule has 0 atom stereocenters. The number of aryl methyl sites for hydroxylation is 2. The minimum Gasteiger partial charge on any atom is -0.497 e. The fourth-order valence-electron chi connectivity index (χ4n) is 2.63. The summed E-state index contributed by atoms with van der Waals surface area (Å²) in [5, 5.41) is 14.4. The zero-order chi connectivity index (χ0) is 18.5. The van der Waals surface area contributed by atoms with Crippen LogP contribution in [0.4, 0.5) is 23.1 Å². The molecule has 0 amide bonds. The Morgan fingerprint density at radius 3 is 2.35 bits per heavy atom. The second-order valence-electron chi connectivity index (χ2n) is 5.86. The molecule has 2 aromatic carbocycles. The summed E-state index contributed by atoms with van der Waals surface area (Å²) in [6.07, 6.45) is 1.55. The fraction of sp³-hybridized carbons (Fsp3) is 0.211. The molecule has 0 bridgehead atoms. The highest BCUT2D eigenvalue weighted by molar-refractivity contribution is 5.66. The molecule has 3 aromatic rings. The van der Waals surface area contributed by atoms with Crippen molar-refractivity contribution in [3.63, 3.8) is 0 Å². The van der Waals surface area contributed by atoms with Crippen molar-refractivity contribution in [2.45, 2.75) is 13.8 Å². The van der Waals surface area contributed by atoms with Gasteiger partial charge >= 0.3 is 0 Å². The summed E-state index contributed by atoms with van der Waals surface area (Å²) in [6, 6.07) is 11.7. The number of hydrogen-bond donors (Lipinski definition) is 2. The molecular formula is C19H21N5O2. The SMILES string of the molecule is COc1ccc(Nc2cnnc(Nc3cc(C)cc(C)c3)n2)c(OC)c1. The molecule has 26 heavy (non-hydrogen) atoms. The van der Waals surface area contributed by atoms with Gasteiger partial charge in [0.05, 0.1) is 26.1 Å². The Bertz CT molecular complexity index is 894. The van der Waals surface area contributed by atoms with Gasteiger partial charge in [-0.2, -0.15) is 10.1 Å². The lowest BCUT2D eigenvalue weighted by Gasteiger charge is -2.12. The largest absolute Gasteiger partial charge is 0.497 e.